The quantitative estimate of drug-likeness (QED) is 0.821. The van der Waals surface area contributed by atoms with Crippen molar-refractivity contribution in [3.63, 3.8) is 0 Å². The molecule has 0 saturated heterocycles. The molecule has 1 amide bonds. The van der Waals surface area contributed by atoms with Crippen LogP contribution >= 0.6 is 0 Å². The highest BCUT2D eigenvalue weighted by molar-refractivity contribution is 5.95. The molecule has 3 N–H and O–H groups in total. The number of nitrogens with one attached hydrogen (secondary N) is 1. The number of hydrogen-bond acceptors (Lipinski definition) is 2. The number of benzene rings is 1. The minimum atomic E-state index is -4.63. The molecule has 1 unspecified atom stereocenters. The lowest BCUT2D eigenvalue weighted by atomic mass is 9.94. The minimum Gasteiger partial charge on any atom is -0.347 e. The number of hydrogen-bond donors (Lipinski definition) is 2. The number of rotatable bonds is 5. The number of amides is 1. The Balaban J connectivity index is 3.07. The van der Waals surface area contributed by atoms with Crippen LogP contribution in [0.15, 0.2) is 18.2 Å². The van der Waals surface area contributed by atoms with Crippen LogP contribution in [0.4, 0.5) is 17.6 Å². The van der Waals surface area contributed by atoms with Crippen molar-refractivity contribution in [2.24, 2.45) is 5.73 Å². The Labute approximate surface area is 120 Å². The predicted octanol–water partition coefficient (Wildman–Crippen LogP) is 3.09. The van der Waals surface area contributed by atoms with Gasteiger partial charge in [-0.3, -0.25) is 4.79 Å². The molecule has 7 heteroatoms. The van der Waals surface area contributed by atoms with E-state index in [1.165, 1.54) is 0 Å². The molecule has 118 valence electrons. The molecule has 0 bridgehead atoms. The molecule has 21 heavy (non-hydrogen) atoms. The summed E-state index contributed by atoms with van der Waals surface area (Å²) in [6.07, 6.45) is -3.67. The molecule has 0 spiro atoms. The maximum absolute atomic E-state index is 13.6. The molecule has 0 radical (unpaired) electrons. The summed E-state index contributed by atoms with van der Waals surface area (Å²) in [5.74, 6) is -1.87. The van der Waals surface area contributed by atoms with Gasteiger partial charge in [0, 0.05) is 5.54 Å². The third-order valence-electron chi connectivity index (χ3n) is 3.43. The standard InChI is InChI=1S/C14H18F4N2O/c1-3-13(2,6-7-19)20-12(21)10-8-9(14(16,17)18)4-5-11(10)15/h4-5,8H,3,6-7,19H2,1-2H3,(H,20,21). The lowest BCUT2D eigenvalue weighted by Gasteiger charge is -2.29. The van der Waals surface area contributed by atoms with Gasteiger partial charge in [-0.2, -0.15) is 13.2 Å². The summed E-state index contributed by atoms with van der Waals surface area (Å²) < 4.78 is 51.5. The first kappa shape index (κ1) is 17.4. The summed E-state index contributed by atoms with van der Waals surface area (Å²) in [4.78, 5) is 12.0. The Kier molecular flexibility index (Phi) is 5.33. The lowest BCUT2D eigenvalue weighted by molar-refractivity contribution is -0.137. The van der Waals surface area contributed by atoms with Crippen LogP contribution in [0.5, 0.6) is 0 Å². The second-order valence-electron chi connectivity index (χ2n) is 5.10. The first-order valence-electron chi connectivity index (χ1n) is 6.52. The van der Waals surface area contributed by atoms with Crippen LogP contribution in [0.1, 0.15) is 42.6 Å². The van der Waals surface area contributed by atoms with E-state index in [9.17, 15) is 22.4 Å². The van der Waals surface area contributed by atoms with Crippen LogP contribution in [-0.2, 0) is 6.18 Å². The minimum absolute atomic E-state index is 0.301. The second kappa shape index (κ2) is 6.43. The summed E-state index contributed by atoms with van der Waals surface area (Å²) in [5.41, 5.74) is 3.07. The fourth-order valence-corrected chi connectivity index (χ4v) is 1.86. The molecule has 0 saturated carbocycles. The Morgan fingerprint density at radius 2 is 1.95 bits per heavy atom. The van der Waals surface area contributed by atoms with Crippen molar-refractivity contribution in [3.05, 3.63) is 35.1 Å². The van der Waals surface area contributed by atoms with Gasteiger partial charge in [-0.15, -0.1) is 0 Å². The van der Waals surface area contributed by atoms with Crippen LogP contribution in [0.3, 0.4) is 0 Å². The van der Waals surface area contributed by atoms with Crippen molar-refractivity contribution >= 4 is 5.91 Å². The van der Waals surface area contributed by atoms with Gasteiger partial charge in [0.15, 0.2) is 0 Å². The molecule has 0 aromatic heterocycles. The van der Waals surface area contributed by atoms with E-state index in [2.05, 4.69) is 5.32 Å². The van der Waals surface area contributed by atoms with E-state index in [1.54, 1.807) is 13.8 Å². The normalized spacial score (nSPS) is 14.6. The molecule has 0 heterocycles. The van der Waals surface area contributed by atoms with Crippen molar-refractivity contribution in [2.45, 2.75) is 38.4 Å². The van der Waals surface area contributed by atoms with Crippen LogP contribution in [-0.4, -0.2) is 18.0 Å². The molecule has 0 aliphatic heterocycles. The largest absolute Gasteiger partial charge is 0.416 e. The van der Waals surface area contributed by atoms with Gasteiger partial charge in [0.2, 0.25) is 0 Å². The first-order chi connectivity index (χ1) is 9.63. The Morgan fingerprint density at radius 1 is 1.33 bits per heavy atom. The van der Waals surface area contributed by atoms with E-state index >= 15 is 0 Å². The van der Waals surface area contributed by atoms with Crippen LogP contribution < -0.4 is 11.1 Å². The third kappa shape index (κ3) is 4.42. The van der Waals surface area contributed by atoms with Crippen molar-refractivity contribution in [2.75, 3.05) is 6.54 Å². The van der Waals surface area contributed by atoms with Gasteiger partial charge in [-0.05, 0) is 44.5 Å². The predicted molar refractivity (Wildman–Crippen MR) is 71.2 cm³/mol. The SMILES string of the molecule is CCC(C)(CCN)NC(=O)c1cc(C(F)(F)F)ccc1F. The van der Waals surface area contributed by atoms with Crippen molar-refractivity contribution in [3.8, 4) is 0 Å². The lowest BCUT2D eigenvalue weighted by Crippen LogP contribution is -2.47. The maximum Gasteiger partial charge on any atom is 0.416 e. The number of nitrogens with two attached hydrogens (primary N) is 1. The number of carbonyl (C=O) groups is 1. The van der Waals surface area contributed by atoms with Gasteiger partial charge in [0.1, 0.15) is 5.82 Å². The van der Waals surface area contributed by atoms with E-state index < -0.39 is 34.6 Å². The van der Waals surface area contributed by atoms with Gasteiger partial charge in [0.05, 0.1) is 11.1 Å². The highest BCUT2D eigenvalue weighted by Crippen LogP contribution is 2.30. The fraction of sp³-hybridized carbons (Fsp3) is 0.500. The highest BCUT2D eigenvalue weighted by atomic mass is 19.4. The molecular weight excluding hydrogens is 288 g/mol. The Bertz CT molecular complexity index is 516. The molecular formula is C14H18F4N2O. The smallest absolute Gasteiger partial charge is 0.347 e. The molecule has 3 nitrogen and oxygen atoms in total. The average molecular weight is 306 g/mol. The first-order valence-corrected chi connectivity index (χ1v) is 6.52. The monoisotopic (exact) mass is 306 g/mol. The summed E-state index contributed by atoms with van der Waals surface area (Å²) in [6.45, 7) is 3.82. The number of carbonyl (C=O) groups excluding carboxylic acids is 1. The van der Waals surface area contributed by atoms with Gasteiger partial charge < -0.3 is 11.1 Å². The topological polar surface area (TPSA) is 55.1 Å². The zero-order valence-electron chi connectivity index (χ0n) is 11.9. The van der Waals surface area contributed by atoms with E-state index in [1.807, 2.05) is 0 Å². The highest BCUT2D eigenvalue weighted by Gasteiger charge is 2.32. The third-order valence-corrected chi connectivity index (χ3v) is 3.43. The summed E-state index contributed by atoms with van der Waals surface area (Å²) in [7, 11) is 0. The summed E-state index contributed by atoms with van der Waals surface area (Å²) in [5, 5.41) is 2.55. The van der Waals surface area contributed by atoms with E-state index in [0.717, 1.165) is 0 Å². The van der Waals surface area contributed by atoms with Crippen molar-refractivity contribution in [1.29, 1.82) is 0 Å². The van der Waals surface area contributed by atoms with Crippen molar-refractivity contribution < 1.29 is 22.4 Å². The molecule has 0 fully saturated rings. The van der Waals surface area contributed by atoms with E-state index in [4.69, 9.17) is 5.73 Å². The molecule has 1 atom stereocenters. The maximum atomic E-state index is 13.6. The molecule has 1 rings (SSSR count). The van der Waals surface area contributed by atoms with E-state index in [-0.39, 0.29) is 0 Å². The van der Waals surface area contributed by atoms with Gasteiger partial charge in [-0.25, -0.2) is 4.39 Å². The van der Waals surface area contributed by atoms with Gasteiger partial charge in [0.25, 0.3) is 5.91 Å². The second-order valence-corrected chi connectivity index (χ2v) is 5.10. The van der Waals surface area contributed by atoms with Gasteiger partial charge in [-0.1, -0.05) is 6.92 Å². The van der Waals surface area contributed by atoms with Gasteiger partial charge >= 0.3 is 6.18 Å². The summed E-state index contributed by atoms with van der Waals surface area (Å²) in [6, 6.07) is 1.76. The molecule has 1 aromatic rings. The van der Waals surface area contributed by atoms with Crippen molar-refractivity contribution in [1.82, 2.24) is 5.32 Å². The number of alkyl halides is 3. The zero-order chi connectivity index (χ0) is 16.3. The fourth-order valence-electron chi connectivity index (χ4n) is 1.86. The van der Waals surface area contributed by atoms with Crippen LogP contribution in [0.25, 0.3) is 0 Å². The Hall–Kier alpha value is -1.63. The molecule has 0 aliphatic rings. The van der Waals surface area contributed by atoms with E-state index in [0.29, 0.717) is 37.6 Å². The summed E-state index contributed by atoms with van der Waals surface area (Å²) >= 11 is 0. The molecule has 1 aromatic carbocycles. The number of halogens is 4. The zero-order valence-corrected chi connectivity index (χ0v) is 11.9. The van der Waals surface area contributed by atoms with Crippen LogP contribution in [0.2, 0.25) is 0 Å². The molecule has 0 aliphatic carbocycles. The Morgan fingerprint density at radius 3 is 2.43 bits per heavy atom. The average Bonchev–Trinajstić information content (AvgIpc) is 2.37. The van der Waals surface area contributed by atoms with Crippen LogP contribution in [0, 0.1) is 5.82 Å².